The molecule has 3 aromatic rings. The molecule has 0 unspecified atom stereocenters. The Labute approximate surface area is 152 Å². The Bertz CT molecular complexity index is 1060. The minimum Gasteiger partial charge on any atom is -0.328 e. The van der Waals surface area contributed by atoms with Crippen molar-refractivity contribution in [1.82, 2.24) is 9.88 Å². The minimum atomic E-state index is -0.973. The van der Waals surface area contributed by atoms with Crippen molar-refractivity contribution >= 4 is 22.5 Å². The standard InChI is InChI=1S/C19H16F3N3O2/c1-10(25(2)19(27)24-13-5-3-11(20)4-6-13)15-9-23-18(26)17-14(15)7-12(21)8-16(17)22/h3-10H,1-2H3,(H,23,26)(H,24,27)/t10-/m0/s1. The van der Waals surface area contributed by atoms with E-state index in [9.17, 15) is 22.8 Å². The zero-order valence-electron chi connectivity index (χ0n) is 14.5. The Morgan fingerprint density at radius 1 is 1.11 bits per heavy atom. The van der Waals surface area contributed by atoms with Crippen LogP contribution < -0.4 is 10.9 Å². The summed E-state index contributed by atoms with van der Waals surface area (Å²) in [5.41, 5.74) is 0.0838. The first-order valence-electron chi connectivity index (χ1n) is 8.07. The van der Waals surface area contributed by atoms with Crippen LogP contribution in [0.25, 0.3) is 10.8 Å². The van der Waals surface area contributed by atoms with Gasteiger partial charge in [0.05, 0.1) is 11.4 Å². The molecule has 8 heteroatoms. The lowest BCUT2D eigenvalue weighted by molar-refractivity contribution is 0.208. The molecule has 1 atom stereocenters. The third-order valence-electron chi connectivity index (χ3n) is 4.40. The van der Waals surface area contributed by atoms with Crippen LogP contribution in [0.2, 0.25) is 0 Å². The van der Waals surface area contributed by atoms with E-state index >= 15 is 0 Å². The summed E-state index contributed by atoms with van der Waals surface area (Å²) in [6.07, 6.45) is 1.33. The first-order chi connectivity index (χ1) is 12.8. The van der Waals surface area contributed by atoms with E-state index in [2.05, 4.69) is 10.3 Å². The topological polar surface area (TPSA) is 65.2 Å². The molecular formula is C19H16F3N3O2. The van der Waals surface area contributed by atoms with Crippen molar-refractivity contribution in [2.45, 2.75) is 13.0 Å². The first-order valence-corrected chi connectivity index (χ1v) is 8.07. The molecule has 140 valence electrons. The molecule has 0 aliphatic carbocycles. The summed E-state index contributed by atoms with van der Waals surface area (Å²) in [7, 11) is 1.50. The van der Waals surface area contributed by atoms with Crippen molar-refractivity contribution in [1.29, 1.82) is 0 Å². The molecule has 0 aliphatic rings. The van der Waals surface area contributed by atoms with Crippen LogP contribution in [0.5, 0.6) is 0 Å². The summed E-state index contributed by atoms with van der Waals surface area (Å²) in [5, 5.41) is 2.42. The Hall–Kier alpha value is -3.29. The fraction of sp³-hybridized carbons (Fsp3) is 0.158. The van der Waals surface area contributed by atoms with Gasteiger partial charge in [-0.05, 0) is 48.2 Å². The molecule has 0 radical (unpaired) electrons. The lowest BCUT2D eigenvalue weighted by Crippen LogP contribution is -2.34. The van der Waals surface area contributed by atoms with Crippen LogP contribution in [0.1, 0.15) is 18.5 Å². The van der Waals surface area contributed by atoms with Crippen molar-refractivity contribution < 1.29 is 18.0 Å². The Morgan fingerprint density at radius 2 is 1.78 bits per heavy atom. The van der Waals surface area contributed by atoms with E-state index in [1.807, 2.05) is 0 Å². The number of amides is 2. The molecule has 0 saturated heterocycles. The highest BCUT2D eigenvalue weighted by atomic mass is 19.1. The highest BCUT2D eigenvalue weighted by Gasteiger charge is 2.22. The SMILES string of the molecule is C[C@@H](c1c[nH]c(=O)c2c(F)cc(F)cc12)N(C)C(=O)Nc1ccc(F)cc1. The lowest BCUT2D eigenvalue weighted by atomic mass is 10.0. The Kier molecular flexibility index (Phi) is 4.89. The van der Waals surface area contributed by atoms with Gasteiger partial charge in [0.1, 0.15) is 17.5 Å². The lowest BCUT2D eigenvalue weighted by Gasteiger charge is -2.26. The van der Waals surface area contributed by atoms with Gasteiger partial charge >= 0.3 is 6.03 Å². The molecule has 2 N–H and O–H groups in total. The number of urea groups is 1. The van der Waals surface area contributed by atoms with Crippen molar-refractivity contribution in [3.05, 3.63) is 76.0 Å². The number of benzene rings is 2. The van der Waals surface area contributed by atoms with Crippen LogP contribution in [-0.4, -0.2) is 23.0 Å². The Balaban J connectivity index is 1.94. The molecule has 0 saturated carbocycles. The van der Waals surface area contributed by atoms with Gasteiger partial charge in [-0.25, -0.2) is 18.0 Å². The van der Waals surface area contributed by atoms with Gasteiger partial charge in [-0.15, -0.1) is 0 Å². The number of pyridine rings is 1. The smallest absolute Gasteiger partial charge is 0.322 e. The van der Waals surface area contributed by atoms with Gasteiger partial charge in [0.2, 0.25) is 0 Å². The number of carbonyl (C=O) groups is 1. The summed E-state index contributed by atoms with van der Waals surface area (Å²) in [6.45, 7) is 1.65. The second kappa shape index (κ2) is 7.14. The zero-order valence-corrected chi connectivity index (χ0v) is 14.5. The number of aromatic nitrogens is 1. The number of H-pyrrole nitrogens is 1. The molecule has 2 amide bonds. The highest BCUT2D eigenvalue weighted by Crippen LogP contribution is 2.27. The molecule has 1 aromatic heterocycles. The summed E-state index contributed by atoms with van der Waals surface area (Å²) in [5.74, 6) is -2.23. The molecule has 27 heavy (non-hydrogen) atoms. The molecule has 0 spiro atoms. The van der Waals surface area contributed by atoms with Crippen molar-refractivity contribution in [3.8, 4) is 0 Å². The number of anilines is 1. The maximum absolute atomic E-state index is 14.0. The predicted octanol–water partition coefficient (Wildman–Crippen LogP) is 4.17. The average Bonchev–Trinajstić information content (AvgIpc) is 2.62. The van der Waals surface area contributed by atoms with Crippen LogP contribution in [0.15, 0.2) is 47.4 Å². The highest BCUT2D eigenvalue weighted by molar-refractivity contribution is 5.90. The van der Waals surface area contributed by atoms with E-state index in [0.29, 0.717) is 17.3 Å². The third-order valence-corrected chi connectivity index (χ3v) is 4.40. The monoisotopic (exact) mass is 375 g/mol. The number of carbonyl (C=O) groups excluding carboxylic acids is 1. The molecular weight excluding hydrogens is 359 g/mol. The molecule has 0 fully saturated rings. The van der Waals surface area contributed by atoms with Crippen LogP contribution in [-0.2, 0) is 0 Å². The molecule has 0 bridgehead atoms. The van der Waals surface area contributed by atoms with E-state index < -0.39 is 35.1 Å². The number of nitrogens with zero attached hydrogens (tertiary/aromatic N) is 1. The summed E-state index contributed by atoms with van der Waals surface area (Å²) in [4.78, 5) is 28.1. The fourth-order valence-corrected chi connectivity index (χ4v) is 2.80. The minimum absolute atomic E-state index is 0.0881. The maximum atomic E-state index is 14.0. The van der Waals surface area contributed by atoms with E-state index in [1.54, 1.807) is 6.92 Å². The van der Waals surface area contributed by atoms with Gasteiger partial charge in [0.15, 0.2) is 0 Å². The fourth-order valence-electron chi connectivity index (χ4n) is 2.80. The molecule has 3 rings (SSSR count). The van der Waals surface area contributed by atoms with E-state index in [0.717, 1.165) is 6.07 Å². The molecule has 1 heterocycles. The predicted molar refractivity (Wildman–Crippen MR) is 96.1 cm³/mol. The normalized spacial score (nSPS) is 12.0. The number of hydrogen-bond donors (Lipinski definition) is 2. The summed E-state index contributed by atoms with van der Waals surface area (Å²) in [6, 6.07) is 5.80. The van der Waals surface area contributed by atoms with Gasteiger partial charge in [-0.2, -0.15) is 0 Å². The average molecular weight is 375 g/mol. The number of hydrogen-bond acceptors (Lipinski definition) is 2. The summed E-state index contributed by atoms with van der Waals surface area (Å²) >= 11 is 0. The second-order valence-corrected chi connectivity index (χ2v) is 6.11. The Morgan fingerprint density at radius 3 is 2.44 bits per heavy atom. The number of aromatic amines is 1. The first kappa shape index (κ1) is 18.5. The quantitative estimate of drug-likeness (QED) is 0.722. The van der Waals surface area contributed by atoms with Crippen molar-refractivity contribution in [2.75, 3.05) is 12.4 Å². The van der Waals surface area contributed by atoms with Gasteiger partial charge in [0, 0.05) is 25.0 Å². The molecule has 5 nitrogen and oxygen atoms in total. The van der Waals surface area contributed by atoms with Crippen molar-refractivity contribution in [2.24, 2.45) is 0 Å². The number of nitrogens with one attached hydrogen (secondary N) is 2. The summed E-state index contributed by atoms with van der Waals surface area (Å²) < 4.78 is 40.7. The van der Waals surface area contributed by atoms with Gasteiger partial charge < -0.3 is 15.2 Å². The largest absolute Gasteiger partial charge is 0.328 e. The number of rotatable bonds is 3. The van der Waals surface area contributed by atoms with Gasteiger partial charge in [-0.3, -0.25) is 4.79 Å². The van der Waals surface area contributed by atoms with E-state index in [-0.39, 0.29) is 10.8 Å². The second-order valence-electron chi connectivity index (χ2n) is 6.11. The molecule has 0 aliphatic heterocycles. The zero-order chi connectivity index (χ0) is 19.7. The van der Waals surface area contributed by atoms with Crippen LogP contribution in [0.3, 0.4) is 0 Å². The number of halogens is 3. The maximum Gasteiger partial charge on any atom is 0.322 e. The van der Waals surface area contributed by atoms with Crippen molar-refractivity contribution in [3.63, 3.8) is 0 Å². The van der Waals surface area contributed by atoms with Crippen LogP contribution in [0.4, 0.5) is 23.7 Å². The molecule has 2 aromatic carbocycles. The van der Waals surface area contributed by atoms with Gasteiger partial charge in [0.25, 0.3) is 5.56 Å². The number of fused-ring (bicyclic) bond motifs is 1. The van der Waals surface area contributed by atoms with E-state index in [4.69, 9.17) is 0 Å². The van der Waals surface area contributed by atoms with Crippen LogP contribution in [0, 0.1) is 17.5 Å². The van der Waals surface area contributed by atoms with Gasteiger partial charge in [-0.1, -0.05) is 0 Å². The van der Waals surface area contributed by atoms with Crippen LogP contribution >= 0.6 is 0 Å². The third kappa shape index (κ3) is 3.64. The van der Waals surface area contributed by atoms with E-state index in [1.165, 1.54) is 42.4 Å².